The molecule has 0 saturated heterocycles. The molecule has 0 atom stereocenters. The van der Waals surface area contributed by atoms with E-state index in [0.29, 0.717) is 6.61 Å². The van der Waals surface area contributed by atoms with Crippen LogP contribution in [0.1, 0.15) is 31.3 Å². The first kappa shape index (κ1) is 12.2. The Morgan fingerprint density at radius 3 is 2.69 bits per heavy atom. The third-order valence-electron chi connectivity index (χ3n) is 1.63. The highest BCUT2D eigenvalue weighted by atomic mass is 16.5. The Labute approximate surface area is 93.5 Å². The lowest BCUT2D eigenvalue weighted by Crippen LogP contribution is -2.18. The highest BCUT2D eigenvalue weighted by Gasteiger charge is 2.15. The lowest BCUT2D eigenvalue weighted by atomic mass is 9.99. The van der Waals surface area contributed by atoms with Crippen LogP contribution in [-0.4, -0.2) is 27.7 Å². The predicted octanol–water partition coefficient (Wildman–Crippen LogP) is 1.18. The number of rotatable bonds is 3. The van der Waals surface area contributed by atoms with Crippen molar-refractivity contribution in [3.63, 3.8) is 0 Å². The van der Waals surface area contributed by atoms with E-state index in [4.69, 9.17) is 15.6 Å². The van der Waals surface area contributed by atoms with Crippen molar-refractivity contribution in [1.82, 2.24) is 9.97 Å². The van der Waals surface area contributed by atoms with Crippen LogP contribution in [0.25, 0.3) is 0 Å². The highest BCUT2D eigenvalue weighted by Crippen LogP contribution is 2.17. The molecule has 0 radical (unpaired) electrons. The molecule has 1 heterocycles. The summed E-state index contributed by atoms with van der Waals surface area (Å²) in [5, 5.41) is 8.78. The van der Waals surface area contributed by atoms with E-state index >= 15 is 0 Å². The zero-order valence-corrected chi connectivity index (χ0v) is 9.52. The average Bonchev–Trinajstić information content (AvgIpc) is 2.14. The number of nitrogen functional groups attached to an aromatic ring is 1. The molecule has 0 saturated carbocycles. The summed E-state index contributed by atoms with van der Waals surface area (Å²) in [7, 11) is 0. The van der Waals surface area contributed by atoms with Gasteiger partial charge >= 0.3 is 5.97 Å². The number of aromatic nitrogens is 2. The van der Waals surface area contributed by atoms with Crippen molar-refractivity contribution in [3.8, 4) is 5.88 Å². The average molecular weight is 225 g/mol. The van der Waals surface area contributed by atoms with E-state index in [-0.39, 0.29) is 22.8 Å². The molecule has 1 rings (SSSR count). The molecule has 6 nitrogen and oxygen atoms in total. The Hall–Kier alpha value is -1.85. The third kappa shape index (κ3) is 3.38. The van der Waals surface area contributed by atoms with Crippen LogP contribution in [0.3, 0.4) is 0 Å². The summed E-state index contributed by atoms with van der Waals surface area (Å²) < 4.78 is 5.32. The molecular weight excluding hydrogens is 210 g/mol. The second kappa shape index (κ2) is 4.34. The topological polar surface area (TPSA) is 98.3 Å². The van der Waals surface area contributed by atoms with Crippen molar-refractivity contribution in [3.05, 3.63) is 11.9 Å². The first-order valence-electron chi connectivity index (χ1n) is 4.78. The minimum absolute atomic E-state index is 0.0353. The fourth-order valence-electron chi connectivity index (χ4n) is 0.900. The van der Waals surface area contributed by atoms with Crippen LogP contribution in [-0.2, 0) is 0 Å². The summed E-state index contributed by atoms with van der Waals surface area (Å²) in [5.41, 5.74) is 5.04. The van der Waals surface area contributed by atoms with Crippen molar-refractivity contribution in [1.29, 1.82) is 0 Å². The maximum atomic E-state index is 10.7. The summed E-state index contributed by atoms with van der Waals surface area (Å²) in [5.74, 6) is -1.16. The lowest BCUT2D eigenvalue weighted by Gasteiger charge is -2.18. The van der Waals surface area contributed by atoms with Crippen molar-refractivity contribution in [2.75, 3.05) is 12.3 Å². The SMILES string of the molecule is CC(C)(C)COc1cnc(N)c(C(=O)O)n1. The summed E-state index contributed by atoms with van der Waals surface area (Å²) in [4.78, 5) is 18.2. The van der Waals surface area contributed by atoms with Gasteiger partial charge in [-0.05, 0) is 5.41 Å². The molecule has 6 heteroatoms. The number of hydrogen-bond acceptors (Lipinski definition) is 5. The quantitative estimate of drug-likeness (QED) is 0.801. The van der Waals surface area contributed by atoms with E-state index in [9.17, 15) is 4.79 Å². The van der Waals surface area contributed by atoms with Gasteiger partial charge in [0.1, 0.15) is 0 Å². The van der Waals surface area contributed by atoms with Crippen LogP contribution in [0.15, 0.2) is 6.20 Å². The third-order valence-corrected chi connectivity index (χ3v) is 1.63. The Balaban J connectivity index is 2.83. The van der Waals surface area contributed by atoms with E-state index in [0.717, 1.165) is 0 Å². The molecule has 88 valence electrons. The van der Waals surface area contributed by atoms with Crippen molar-refractivity contribution >= 4 is 11.8 Å². The lowest BCUT2D eigenvalue weighted by molar-refractivity contribution is 0.0689. The van der Waals surface area contributed by atoms with E-state index in [1.807, 2.05) is 20.8 Å². The second-order valence-electron chi connectivity index (χ2n) is 4.60. The fraction of sp³-hybridized carbons (Fsp3) is 0.500. The minimum atomic E-state index is -1.22. The number of ether oxygens (including phenoxy) is 1. The number of aromatic carboxylic acids is 1. The molecule has 1 aromatic rings. The fourth-order valence-corrected chi connectivity index (χ4v) is 0.900. The van der Waals surface area contributed by atoms with Crippen LogP contribution in [0, 0.1) is 5.41 Å². The molecule has 16 heavy (non-hydrogen) atoms. The first-order valence-corrected chi connectivity index (χ1v) is 4.78. The Bertz CT molecular complexity index is 399. The van der Waals surface area contributed by atoms with Crippen molar-refractivity contribution in [2.45, 2.75) is 20.8 Å². The van der Waals surface area contributed by atoms with Crippen LogP contribution in [0.4, 0.5) is 5.82 Å². The van der Waals surface area contributed by atoms with Crippen molar-refractivity contribution < 1.29 is 14.6 Å². The Kier molecular flexibility index (Phi) is 3.31. The Morgan fingerprint density at radius 1 is 1.56 bits per heavy atom. The number of hydrogen-bond donors (Lipinski definition) is 2. The molecular formula is C10H15N3O3. The monoisotopic (exact) mass is 225 g/mol. The van der Waals surface area contributed by atoms with Gasteiger partial charge in [0.05, 0.1) is 12.8 Å². The van der Waals surface area contributed by atoms with E-state index < -0.39 is 5.97 Å². The standard InChI is InChI=1S/C10H15N3O3/c1-10(2,3)5-16-6-4-12-8(11)7(13-6)9(14)15/h4H,5H2,1-3H3,(H2,11,12)(H,14,15). The van der Waals surface area contributed by atoms with Crippen molar-refractivity contribution in [2.24, 2.45) is 5.41 Å². The van der Waals surface area contributed by atoms with Gasteiger partial charge in [-0.15, -0.1) is 0 Å². The van der Waals surface area contributed by atoms with Crippen LogP contribution in [0.5, 0.6) is 5.88 Å². The molecule has 0 amide bonds. The van der Waals surface area contributed by atoms with Gasteiger partial charge in [0.25, 0.3) is 0 Å². The van der Waals surface area contributed by atoms with Crippen LogP contribution >= 0.6 is 0 Å². The number of carbonyl (C=O) groups is 1. The maximum Gasteiger partial charge on any atom is 0.358 e. The van der Waals surface area contributed by atoms with Gasteiger partial charge < -0.3 is 15.6 Å². The normalized spacial score (nSPS) is 11.2. The van der Waals surface area contributed by atoms with Gasteiger partial charge in [-0.25, -0.2) is 14.8 Å². The van der Waals surface area contributed by atoms with E-state index in [1.165, 1.54) is 6.20 Å². The van der Waals surface area contributed by atoms with Crippen LogP contribution in [0.2, 0.25) is 0 Å². The first-order chi connectivity index (χ1) is 7.29. The summed E-state index contributed by atoms with van der Waals surface area (Å²) in [6.07, 6.45) is 1.31. The van der Waals surface area contributed by atoms with Gasteiger partial charge in [-0.2, -0.15) is 0 Å². The molecule has 1 aromatic heterocycles. The molecule has 0 aromatic carbocycles. The molecule has 0 unspecified atom stereocenters. The van der Waals surface area contributed by atoms with Gasteiger partial charge in [0, 0.05) is 0 Å². The largest absolute Gasteiger partial charge is 0.476 e. The Morgan fingerprint density at radius 2 is 2.19 bits per heavy atom. The van der Waals surface area contributed by atoms with Crippen LogP contribution < -0.4 is 10.5 Å². The molecule has 3 N–H and O–H groups in total. The summed E-state index contributed by atoms with van der Waals surface area (Å²) in [6, 6.07) is 0. The van der Waals surface area contributed by atoms with E-state index in [2.05, 4.69) is 9.97 Å². The number of anilines is 1. The molecule has 0 bridgehead atoms. The number of carboxylic acid groups (broad SMARTS) is 1. The smallest absolute Gasteiger partial charge is 0.358 e. The predicted molar refractivity (Wildman–Crippen MR) is 58.4 cm³/mol. The highest BCUT2D eigenvalue weighted by molar-refractivity contribution is 5.90. The summed E-state index contributed by atoms with van der Waals surface area (Å²) >= 11 is 0. The van der Waals surface area contributed by atoms with Gasteiger partial charge in [0.15, 0.2) is 11.5 Å². The molecule has 0 aliphatic rings. The van der Waals surface area contributed by atoms with Gasteiger partial charge in [0.2, 0.25) is 5.88 Å². The van der Waals surface area contributed by atoms with E-state index in [1.54, 1.807) is 0 Å². The number of nitrogens with zero attached hydrogens (tertiary/aromatic N) is 2. The minimum Gasteiger partial charge on any atom is -0.476 e. The zero-order valence-electron chi connectivity index (χ0n) is 9.52. The molecule has 0 spiro atoms. The molecule has 0 aliphatic carbocycles. The van der Waals surface area contributed by atoms with Gasteiger partial charge in [-0.3, -0.25) is 0 Å². The summed E-state index contributed by atoms with van der Waals surface area (Å²) in [6.45, 7) is 6.41. The molecule has 0 fully saturated rings. The maximum absolute atomic E-state index is 10.7. The zero-order chi connectivity index (χ0) is 12.3. The number of carboxylic acids is 1. The molecule has 0 aliphatic heterocycles. The second-order valence-corrected chi connectivity index (χ2v) is 4.60. The number of nitrogens with two attached hydrogens (primary N) is 1. The van der Waals surface area contributed by atoms with Gasteiger partial charge in [-0.1, -0.05) is 20.8 Å².